The third kappa shape index (κ3) is 9.25. The van der Waals surface area contributed by atoms with Gasteiger partial charge >= 0.3 is 0 Å². The second-order valence-electron chi connectivity index (χ2n) is 14.5. The highest BCUT2D eigenvalue weighted by molar-refractivity contribution is 7.81. The summed E-state index contributed by atoms with van der Waals surface area (Å²) in [5.41, 5.74) is 2.95. The number of carbonyl (C=O) groups is 4. The summed E-state index contributed by atoms with van der Waals surface area (Å²) in [5.74, 6) is -0.156. The molecule has 2 atom stereocenters. The molecule has 4 amide bonds. The van der Waals surface area contributed by atoms with Crippen molar-refractivity contribution in [3.8, 4) is 11.8 Å². The van der Waals surface area contributed by atoms with Crippen molar-refractivity contribution in [1.29, 1.82) is 5.26 Å². The highest BCUT2D eigenvalue weighted by atomic mass is 35.5. The summed E-state index contributed by atoms with van der Waals surface area (Å²) in [5, 5.41) is 18.3. The SMILES string of the molecule is CCc1cc(N2C(=S)N(c3ccc(C#N)c(Cl)c3)C(=O)C2(C)C)ccc1OCCN1CCN(CC(=O)Nc2cccc(NC3CCC(=O)NC3=O)c2)C(C)C1.Cl. The molecule has 0 bridgehead atoms. The van der Waals surface area contributed by atoms with E-state index in [0.29, 0.717) is 47.2 Å². The first-order valence-corrected chi connectivity index (χ1v) is 19.2. The second kappa shape index (κ2) is 18.0. The van der Waals surface area contributed by atoms with Crippen molar-refractivity contribution in [2.45, 2.75) is 64.6 Å². The van der Waals surface area contributed by atoms with E-state index < -0.39 is 11.6 Å². The van der Waals surface area contributed by atoms with Crippen LogP contribution in [0, 0.1) is 11.3 Å². The minimum Gasteiger partial charge on any atom is -0.492 e. The van der Waals surface area contributed by atoms with Gasteiger partial charge < -0.3 is 20.3 Å². The van der Waals surface area contributed by atoms with E-state index in [1.165, 1.54) is 4.90 Å². The van der Waals surface area contributed by atoms with Crippen molar-refractivity contribution in [2.24, 2.45) is 0 Å². The van der Waals surface area contributed by atoms with Crippen LogP contribution in [0.4, 0.5) is 22.7 Å². The van der Waals surface area contributed by atoms with Gasteiger partial charge in [0.1, 0.15) is 30.0 Å². The zero-order chi connectivity index (χ0) is 39.4. The van der Waals surface area contributed by atoms with Gasteiger partial charge in [-0.05, 0) is 106 Å². The molecule has 13 nitrogen and oxygen atoms in total. The lowest BCUT2D eigenvalue weighted by atomic mass is 10.0. The summed E-state index contributed by atoms with van der Waals surface area (Å²) in [6.07, 6.45) is 1.41. The smallest absolute Gasteiger partial charge is 0.259 e. The van der Waals surface area contributed by atoms with Crippen LogP contribution in [-0.2, 0) is 25.6 Å². The molecule has 3 heterocycles. The molecule has 0 aromatic heterocycles. The molecule has 0 radical (unpaired) electrons. The lowest BCUT2D eigenvalue weighted by molar-refractivity contribution is -0.133. The number of rotatable bonds is 12. The largest absolute Gasteiger partial charge is 0.492 e. The third-order valence-electron chi connectivity index (χ3n) is 10.3. The van der Waals surface area contributed by atoms with Crippen LogP contribution in [0.5, 0.6) is 5.75 Å². The third-order valence-corrected chi connectivity index (χ3v) is 10.9. The standard InChI is InChI=1S/C40H45ClN8O5S.ClH/c1-5-26-19-31(49-39(55)48(38(53)40(49,3)4)30-10-9-27(22-42)32(41)21-30)11-13-34(26)54-18-17-46-15-16-47(25(2)23-46)24-36(51)44-29-8-6-7-28(20-29)43-33-12-14-35(50)45-37(33)52;/h6-11,13,19-21,25,33,43H,5,12,14-18,23-24H2,1-4H3,(H,44,51)(H,45,50,52);1H. The number of nitrogens with one attached hydrogen (secondary N) is 3. The molecule has 56 heavy (non-hydrogen) atoms. The molecule has 3 aromatic carbocycles. The first-order chi connectivity index (χ1) is 26.3. The van der Waals surface area contributed by atoms with Gasteiger partial charge in [0.15, 0.2) is 5.11 Å². The Morgan fingerprint density at radius 1 is 1.07 bits per heavy atom. The van der Waals surface area contributed by atoms with Crippen molar-refractivity contribution in [3.63, 3.8) is 0 Å². The zero-order valence-electron chi connectivity index (χ0n) is 31.8. The number of halogens is 2. The number of piperidine rings is 1. The fourth-order valence-electron chi connectivity index (χ4n) is 7.21. The van der Waals surface area contributed by atoms with Gasteiger partial charge in [-0.15, -0.1) is 12.4 Å². The molecule has 3 saturated heterocycles. The van der Waals surface area contributed by atoms with E-state index >= 15 is 0 Å². The minimum atomic E-state index is -0.966. The van der Waals surface area contributed by atoms with E-state index in [4.69, 9.17) is 28.6 Å². The second-order valence-corrected chi connectivity index (χ2v) is 15.3. The quantitative estimate of drug-likeness (QED) is 0.160. The number of piperazine rings is 1. The number of nitriles is 1. The average Bonchev–Trinajstić information content (AvgIpc) is 3.32. The predicted molar refractivity (Wildman–Crippen MR) is 224 cm³/mol. The monoisotopic (exact) mass is 820 g/mol. The lowest BCUT2D eigenvalue weighted by Crippen LogP contribution is -2.54. The first-order valence-electron chi connectivity index (χ1n) is 18.4. The van der Waals surface area contributed by atoms with Crippen LogP contribution in [0.25, 0.3) is 0 Å². The van der Waals surface area contributed by atoms with Gasteiger partial charge in [-0.1, -0.05) is 24.6 Å². The minimum absolute atomic E-state index is 0. The van der Waals surface area contributed by atoms with Crippen molar-refractivity contribution in [1.82, 2.24) is 15.1 Å². The summed E-state index contributed by atoms with van der Waals surface area (Å²) < 4.78 is 6.30. The van der Waals surface area contributed by atoms with Crippen molar-refractivity contribution in [2.75, 3.05) is 59.8 Å². The Bertz CT molecular complexity index is 2060. The zero-order valence-corrected chi connectivity index (χ0v) is 34.2. The number of imide groups is 1. The van der Waals surface area contributed by atoms with Gasteiger partial charge in [-0.25, -0.2) is 0 Å². The number of amides is 4. The summed E-state index contributed by atoms with van der Waals surface area (Å²) in [7, 11) is 0. The molecule has 6 rings (SSSR count). The number of benzene rings is 3. The van der Waals surface area contributed by atoms with Crippen LogP contribution in [0.3, 0.4) is 0 Å². The summed E-state index contributed by atoms with van der Waals surface area (Å²) in [4.78, 5) is 58.1. The highest BCUT2D eigenvalue weighted by Crippen LogP contribution is 2.39. The van der Waals surface area contributed by atoms with E-state index in [2.05, 4.69) is 39.6 Å². The van der Waals surface area contributed by atoms with Crippen molar-refractivity contribution in [3.05, 3.63) is 76.8 Å². The molecule has 0 aliphatic carbocycles. The maximum absolute atomic E-state index is 13.7. The number of thiocarbonyl (C=S) groups is 1. The van der Waals surface area contributed by atoms with Crippen LogP contribution in [0.1, 0.15) is 51.7 Å². The average molecular weight is 822 g/mol. The van der Waals surface area contributed by atoms with Crippen molar-refractivity contribution < 1.29 is 23.9 Å². The van der Waals surface area contributed by atoms with Crippen LogP contribution in [-0.4, -0.2) is 95.5 Å². The van der Waals surface area contributed by atoms with E-state index in [-0.39, 0.29) is 60.1 Å². The van der Waals surface area contributed by atoms with Gasteiger partial charge in [-0.2, -0.15) is 5.26 Å². The van der Waals surface area contributed by atoms with Crippen LogP contribution >= 0.6 is 36.2 Å². The Morgan fingerprint density at radius 2 is 1.82 bits per heavy atom. The molecule has 0 saturated carbocycles. The Kier molecular flexibility index (Phi) is 13.6. The number of anilines is 4. The van der Waals surface area contributed by atoms with Gasteiger partial charge in [0, 0.05) is 55.7 Å². The molecule has 3 aliphatic rings. The normalized spacial score (nSPS) is 19.9. The van der Waals surface area contributed by atoms with E-state index in [9.17, 15) is 24.4 Å². The van der Waals surface area contributed by atoms with E-state index in [1.54, 1.807) is 36.4 Å². The Hall–Kier alpha value is -4.78. The molecule has 16 heteroatoms. The van der Waals surface area contributed by atoms with E-state index in [0.717, 1.165) is 43.2 Å². The number of aryl methyl sites for hydroxylation is 1. The topological polar surface area (TPSA) is 150 Å². The molecule has 3 aliphatic heterocycles. The maximum Gasteiger partial charge on any atom is 0.259 e. The number of nitrogens with zero attached hydrogens (tertiary/aromatic N) is 5. The lowest BCUT2D eigenvalue weighted by Gasteiger charge is -2.39. The fraction of sp³-hybridized carbons (Fsp3) is 0.400. The van der Waals surface area contributed by atoms with Gasteiger partial charge in [0.25, 0.3) is 5.91 Å². The molecule has 3 N–H and O–H groups in total. The molecular weight excluding hydrogens is 775 g/mol. The van der Waals surface area contributed by atoms with Gasteiger partial charge in [-0.3, -0.25) is 39.2 Å². The Balaban J connectivity index is 0.00000600. The Morgan fingerprint density at radius 3 is 2.52 bits per heavy atom. The van der Waals surface area contributed by atoms with Crippen LogP contribution in [0.15, 0.2) is 60.7 Å². The summed E-state index contributed by atoms with van der Waals surface area (Å²) in [6, 6.07) is 19.6. The molecular formula is C40H46Cl2N8O5S. The molecule has 2 unspecified atom stereocenters. The Labute approximate surface area is 343 Å². The molecule has 0 spiro atoms. The van der Waals surface area contributed by atoms with Crippen LogP contribution < -0.4 is 30.5 Å². The van der Waals surface area contributed by atoms with Crippen molar-refractivity contribution >= 4 is 87.7 Å². The molecule has 296 valence electrons. The fourth-order valence-corrected chi connectivity index (χ4v) is 7.95. The first kappa shape index (κ1) is 42.4. The predicted octanol–water partition coefficient (Wildman–Crippen LogP) is 5.35. The summed E-state index contributed by atoms with van der Waals surface area (Å²) in [6.45, 7) is 11.6. The highest BCUT2D eigenvalue weighted by Gasteiger charge is 2.50. The number of hydrogen-bond donors (Lipinski definition) is 3. The molecule has 3 fully saturated rings. The van der Waals surface area contributed by atoms with Gasteiger partial charge in [0.2, 0.25) is 17.7 Å². The molecule has 3 aromatic rings. The van der Waals surface area contributed by atoms with Gasteiger partial charge in [0.05, 0.1) is 22.8 Å². The maximum atomic E-state index is 13.7. The van der Waals surface area contributed by atoms with E-state index in [1.807, 2.05) is 49.1 Å². The number of carbonyl (C=O) groups excluding carboxylic acids is 4. The van der Waals surface area contributed by atoms with Crippen LogP contribution in [0.2, 0.25) is 5.02 Å². The summed E-state index contributed by atoms with van der Waals surface area (Å²) >= 11 is 12.2. The number of ether oxygens (including phenoxy) is 1. The number of hydrogen-bond acceptors (Lipinski definition) is 10.